The molecule has 0 unspecified atom stereocenters. The highest BCUT2D eigenvalue weighted by Crippen LogP contribution is 2.24. The van der Waals surface area contributed by atoms with Crippen LogP contribution in [0.2, 0.25) is 5.02 Å². The summed E-state index contributed by atoms with van der Waals surface area (Å²) < 4.78 is 40.5. The van der Waals surface area contributed by atoms with Crippen molar-refractivity contribution in [2.24, 2.45) is 0 Å². The first-order valence-electron chi connectivity index (χ1n) is 6.62. The van der Waals surface area contributed by atoms with Crippen LogP contribution < -0.4 is 10.0 Å². The number of nitrogens with one attached hydrogen (secondary N) is 2. The van der Waals surface area contributed by atoms with Gasteiger partial charge in [-0.2, -0.15) is 0 Å². The SMILES string of the molecule is CCN(C)CCNS(=O)(=O)c1cc(F)c(Cl)c(CNC)c1. The molecule has 0 heterocycles. The predicted octanol–water partition coefficient (Wildman–Crippen LogP) is 1.43. The van der Waals surface area contributed by atoms with Crippen LogP contribution in [0.25, 0.3) is 0 Å². The third-order valence-electron chi connectivity index (χ3n) is 3.08. The van der Waals surface area contributed by atoms with Crippen molar-refractivity contribution in [3.63, 3.8) is 0 Å². The van der Waals surface area contributed by atoms with Gasteiger partial charge in [-0.3, -0.25) is 0 Å². The van der Waals surface area contributed by atoms with Gasteiger partial charge < -0.3 is 10.2 Å². The zero-order valence-electron chi connectivity index (χ0n) is 12.4. The van der Waals surface area contributed by atoms with E-state index in [9.17, 15) is 12.8 Å². The van der Waals surface area contributed by atoms with Gasteiger partial charge in [0, 0.05) is 19.6 Å². The molecule has 0 radical (unpaired) electrons. The van der Waals surface area contributed by atoms with Crippen LogP contribution in [0.4, 0.5) is 4.39 Å². The first kappa shape index (κ1) is 18.3. The molecule has 0 aliphatic heterocycles. The minimum Gasteiger partial charge on any atom is -0.316 e. The number of rotatable bonds is 8. The lowest BCUT2D eigenvalue weighted by molar-refractivity contribution is 0.358. The molecule has 0 aromatic heterocycles. The molecular formula is C13H21ClFN3O2S. The average Bonchev–Trinajstić information content (AvgIpc) is 2.43. The summed E-state index contributed by atoms with van der Waals surface area (Å²) in [5, 5.41) is 2.76. The Hall–Kier alpha value is -0.730. The highest BCUT2D eigenvalue weighted by molar-refractivity contribution is 7.89. The van der Waals surface area contributed by atoms with E-state index in [4.69, 9.17) is 11.6 Å². The second-order valence-electron chi connectivity index (χ2n) is 4.70. The summed E-state index contributed by atoms with van der Waals surface area (Å²) in [6.07, 6.45) is 0. The normalized spacial score (nSPS) is 12.1. The maximum Gasteiger partial charge on any atom is 0.240 e. The number of likely N-dealkylation sites (N-methyl/N-ethyl adjacent to an activating group) is 1. The first-order chi connectivity index (χ1) is 9.81. The van der Waals surface area contributed by atoms with Crippen molar-refractivity contribution < 1.29 is 12.8 Å². The van der Waals surface area contributed by atoms with Gasteiger partial charge in [0.25, 0.3) is 0 Å². The molecule has 1 rings (SSSR count). The molecule has 0 aliphatic carbocycles. The smallest absolute Gasteiger partial charge is 0.240 e. The molecule has 5 nitrogen and oxygen atoms in total. The fourth-order valence-corrected chi connectivity index (χ4v) is 2.96. The van der Waals surface area contributed by atoms with E-state index < -0.39 is 15.8 Å². The summed E-state index contributed by atoms with van der Waals surface area (Å²) in [5.74, 6) is -0.740. The minimum atomic E-state index is -3.75. The topological polar surface area (TPSA) is 61.4 Å². The Kier molecular flexibility index (Phi) is 7.02. The molecule has 0 saturated carbocycles. The summed E-state index contributed by atoms with van der Waals surface area (Å²) in [7, 11) is -0.182. The molecule has 0 bridgehead atoms. The first-order valence-corrected chi connectivity index (χ1v) is 8.48. The van der Waals surface area contributed by atoms with E-state index in [2.05, 4.69) is 10.0 Å². The Bertz CT molecular complexity index is 581. The molecular weight excluding hydrogens is 317 g/mol. The molecule has 0 spiro atoms. The highest BCUT2D eigenvalue weighted by atomic mass is 35.5. The van der Waals surface area contributed by atoms with E-state index >= 15 is 0 Å². The Morgan fingerprint density at radius 1 is 1.38 bits per heavy atom. The van der Waals surface area contributed by atoms with Gasteiger partial charge in [0.1, 0.15) is 5.82 Å². The maximum atomic E-state index is 13.7. The van der Waals surface area contributed by atoms with E-state index in [0.29, 0.717) is 12.1 Å². The van der Waals surface area contributed by atoms with E-state index in [1.165, 1.54) is 6.07 Å². The second-order valence-corrected chi connectivity index (χ2v) is 6.85. The fourth-order valence-electron chi connectivity index (χ4n) is 1.70. The Morgan fingerprint density at radius 2 is 2.05 bits per heavy atom. The summed E-state index contributed by atoms with van der Waals surface area (Å²) >= 11 is 5.82. The molecule has 0 fully saturated rings. The molecule has 8 heteroatoms. The molecule has 21 heavy (non-hydrogen) atoms. The molecule has 1 aromatic carbocycles. The lowest BCUT2D eigenvalue weighted by atomic mass is 10.2. The number of hydrogen-bond acceptors (Lipinski definition) is 4. The standard InChI is InChI=1S/C13H21ClFN3O2S/c1-4-18(3)6-5-17-21(19,20)11-7-10(9-16-2)13(14)12(15)8-11/h7-8,16-17H,4-6,9H2,1-3H3. The van der Waals surface area contributed by atoms with Gasteiger partial charge in [0.2, 0.25) is 10.0 Å². The van der Waals surface area contributed by atoms with Gasteiger partial charge in [-0.25, -0.2) is 17.5 Å². The zero-order valence-corrected chi connectivity index (χ0v) is 14.0. The Morgan fingerprint density at radius 3 is 2.62 bits per heavy atom. The van der Waals surface area contributed by atoms with Crippen molar-refractivity contribution in [1.82, 2.24) is 14.9 Å². The highest BCUT2D eigenvalue weighted by Gasteiger charge is 2.18. The molecule has 0 saturated heterocycles. The van der Waals surface area contributed by atoms with Crippen LogP contribution in [-0.4, -0.2) is 47.0 Å². The second kappa shape index (κ2) is 8.05. The van der Waals surface area contributed by atoms with Crippen LogP contribution in [0, 0.1) is 5.82 Å². The molecule has 0 amide bonds. The summed E-state index contributed by atoms with van der Waals surface area (Å²) in [6, 6.07) is 2.32. The molecule has 120 valence electrons. The van der Waals surface area contributed by atoms with Crippen molar-refractivity contribution in [1.29, 1.82) is 0 Å². The minimum absolute atomic E-state index is 0.0611. The van der Waals surface area contributed by atoms with E-state index in [0.717, 1.165) is 12.6 Å². The Balaban J connectivity index is 2.92. The monoisotopic (exact) mass is 337 g/mol. The molecule has 0 aliphatic rings. The van der Waals surface area contributed by atoms with Crippen LogP contribution in [0.1, 0.15) is 12.5 Å². The van der Waals surface area contributed by atoms with Gasteiger partial charge in [-0.15, -0.1) is 0 Å². The van der Waals surface area contributed by atoms with E-state index in [-0.39, 0.29) is 23.0 Å². The number of sulfonamides is 1. The molecule has 2 N–H and O–H groups in total. The lowest BCUT2D eigenvalue weighted by Crippen LogP contribution is -2.33. The fraction of sp³-hybridized carbons (Fsp3) is 0.538. The van der Waals surface area contributed by atoms with Crippen molar-refractivity contribution >= 4 is 21.6 Å². The van der Waals surface area contributed by atoms with Crippen LogP contribution in [-0.2, 0) is 16.6 Å². The van der Waals surface area contributed by atoms with Gasteiger partial charge in [-0.05, 0) is 38.3 Å². The number of benzene rings is 1. The van der Waals surface area contributed by atoms with Crippen LogP contribution in [0.5, 0.6) is 0 Å². The van der Waals surface area contributed by atoms with E-state index in [1.807, 2.05) is 18.9 Å². The predicted molar refractivity (Wildman–Crippen MR) is 82.5 cm³/mol. The van der Waals surface area contributed by atoms with Crippen molar-refractivity contribution in [3.05, 3.63) is 28.5 Å². The largest absolute Gasteiger partial charge is 0.316 e. The van der Waals surface area contributed by atoms with Crippen LogP contribution in [0.3, 0.4) is 0 Å². The van der Waals surface area contributed by atoms with Gasteiger partial charge in [-0.1, -0.05) is 18.5 Å². The third kappa shape index (κ3) is 5.19. The van der Waals surface area contributed by atoms with Gasteiger partial charge in [0.15, 0.2) is 0 Å². The molecule has 1 aromatic rings. The zero-order chi connectivity index (χ0) is 16.0. The lowest BCUT2D eigenvalue weighted by Gasteiger charge is -2.15. The third-order valence-corrected chi connectivity index (χ3v) is 4.94. The van der Waals surface area contributed by atoms with Gasteiger partial charge >= 0.3 is 0 Å². The average molecular weight is 338 g/mol. The van der Waals surface area contributed by atoms with Crippen molar-refractivity contribution in [3.8, 4) is 0 Å². The van der Waals surface area contributed by atoms with Gasteiger partial charge in [0.05, 0.1) is 9.92 Å². The summed E-state index contributed by atoms with van der Waals surface area (Å²) in [6.45, 7) is 3.93. The number of nitrogens with zero attached hydrogens (tertiary/aromatic N) is 1. The number of hydrogen-bond donors (Lipinski definition) is 2. The van der Waals surface area contributed by atoms with Crippen molar-refractivity contribution in [2.45, 2.75) is 18.4 Å². The van der Waals surface area contributed by atoms with E-state index in [1.54, 1.807) is 7.05 Å². The van der Waals surface area contributed by atoms with Crippen LogP contribution >= 0.6 is 11.6 Å². The molecule has 0 atom stereocenters. The summed E-state index contributed by atoms with van der Waals surface area (Å²) in [5.41, 5.74) is 0.408. The number of halogens is 2. The quantitative estimate of drug-likeness (QED) is 0.753. The van der Waals surface area contributed by atoms with Crippen molar-refractivity contribution in [2.75, 3.05) is 33.7 Å². The van der Waals surface area contributed by atoms with Crippen LogP contribution in [0.15, 0.2) is 17.0 Å². The Labute approximate surface area is 130 Å². The maximum absolute atomic E-state index is 13.7. The summed E-state index contributed by atoms with van der Waals surface area (Å²) in [4.78, 5) is 1.85.